The molecule has 0 aliphatic carbocycles. The number of hydrogen-bond acceptors (Lipinski definition) is 5. The average Bonchev–Trinajstić information content (AvgIpc) is 2.38. The van der Waals surface area contributed by atoms with E-state index >= 15 is 0 Å². The minimum Gasteiger partial charge on any atom is -0.497 e. The van der Waals surface area contributed by atoms with E-state index in [0.29, 0.717) is 22.8 Å². The molecule has 0 aliphatic rings. The Bertz CT molecular complexity index is 590. The minimum atomic E-state index is -0.430. The second kappa shape index (κ2) is 5.62. The number of methoxy groups -OCH3 is 2. The minimum absolute atomic E-state index is 0.218. The topological polar surface area (TPSA) is 70.3 Å². The van der Waals surface area contributed by atoms with Gasteiger partial charge in [-0.15, -0.1) is 0 Å². The van der Waals surface area contributed by atoms with Crippen molar-refractivity contribution in [1.29, 1.82) is 0 Å². The molecular formula is C13H14FN3O2. The van der Waals surface area contributed by atoms with Gasteiger partial charge in [0.2, 0.25) is 0 Å². The normalized spacial score (nSPS) is 10.5. The first-order valence-corrected chi connectivity index (χ1v) is 5.60. The second-order valence-corrected chi connectivity index (χ2v) is 3.87. The van der Waals surface area contributed by atoms with E-state index in [9.17, 15) is 4.39 Å². The Morgan fingerprint density at radius 1 is 1.21 bits per heavy atom. The van der Waals surface area contributed by atoms with Gasteiger partial charge in [0.25, 0.3) is 0 Å². The number of nitrogens with two attached hydrogens (primary N) is 1. The monoisotopic (exact) mass is 263 g/mol. The summed E-state index contributed by atoms with van der Waals surface area (Å²) in [6.07, 6.45) is 0. The maximum absolute atomic E-state index is 14.0. The number of rotatable bonds is 4. The standard InChI is InChI=1S/C13H14FN3O2/c1-18-7-13-16-11(6-12(15)17-13)9-4-3-8(19-2)5-10(9)14/h3-6H,7H2,1-2H3,(H2,15,16,17). The lowest BCUT2D eigenvalue weighted by Crippen LogP contribution is -2.03. The van der Waals surface area contributed by atoms with Crippen molar-refractivity contribution < 1.29 is 13.9 Å². The maximum Gasteiger partial charge on any atom is 0.157 e. The lowest BCUT2D eigenvalue weighted by molar-refractivity contribution is 0.178. The molecule has 0 fully saturated rings. The summed E-state index contributed by atoms with van der Waals surface area (Å²) >= 11 is 0. The maximum atomic E-state index is 14.0. The third kappa shape index (κ3) is 2.97. The zero-order valence-corrected chi connectivity index (χ0v) is 10.7. The summed E-state index contributed by atoms with van der Waals surface area (Å²) in [5.74, 6) is 0.696. The highest BCUT2D eigenvalue weighted by Crippen LogP contribution is 2.25. The predicted molar refractivity (Wildman–Crippen MR) is 69.1 cm³/mol. The van der Waals surface area contributed by atoms with Crippen LogP contribution in [0.4, 0.5) is 10.2 Å². The third-order valence-electron chi connectivity index (χ3n) is 2.52. The van der Waals surface area contributed by atoms with Crippen molar-refractivity contribution in [2.75, 3.05) is 20.0 Å². The molecule has 0 spiro atoms. The van der Waals surface area contributed by atoms with Crippen LogP contribution in [0.1, 0.15) is 5.82 Å². The van der Waals surface area contributed by atoms with Crippen molar-refractivity contribution >= 4 is 5.82 Å². The van der Waals surface area contributed by atoms with Gasteiger partial charge in [-0.1, -0.05) is 0 Å². The van der Waals surface area contributed by atoms with E-state index in [1.54, 1.807) is 12.1 Å². The summed E-state index contributed by atoms with van der Waals surface area (Å²) in [7, 11) is 3.01. The molecule has 0 amide bonds. The zero-order chi connectivity index (χ0) is 13.8. The van der Waals surface area contributed by atoms with E-state index in [4.69, 9.17) is 15.2 Å². The molecule has 19 heavy (non-hydrogen) atoms. The lowest BCUT2D eigenvalue weighted by atomic mass is 10.1. The Kier molecular flexibility index (Phi) is 3.91. The van der Waals surface area contributed by atoms with E-state index in [1.807, 2.05) is 0 Å². The van der Waals surface area contributed by atoms with Crippen molar-refractivity contribution in [2.24, 2.45) is 0 Å². The van der Waals surface area contributed by atoms with Crippen molar-refractivity contribution in [1.82, 2.24) is 9.97 Å². The van der Waals surface area contributed by atoms with Gasteiger partial charge in [0, 0.05) is 24.8 Å². The molecule has 2 rings (SSSR count). The van der Waals surface area contributed by atoms with Crippen LogP contribution in [-0.4, -0.2) is 24.2 Å². The number of ether oxygens (including phenoxy) is 2. The van der Waals surface area contributed by atoms with Gasteiger partial charge < -0.3 is 15.2 Å². The molecule has 1 aromatic carbocycles. The second-order valence-electron chi connectivity index (χ2n) is 3.87. The van der Waals surface area contributed by atoms with Crippen molar-refractivity contribution in [2.45, 2.75) is 6.61 Å². The molecule has 0 saturated heterocycles. The number of hydrogen-bond donors (Lipinski definition) is 1. The van der Waals surface area contributed by atoms with Crippen LogP contribution in [0.15, 0.2) is 24.3 Å². The van der Waals surface area contributed by atoms with Gasteiger partial charge in [0.05, 0.1) is 12.8 Å². The van der Waals surface area contributed by atoms with Crippen LogP contribution in [-0.2, 0) is 11.3 Å². The summed E-state index contributed by atoms with van der Waals surface area (Å²) in [4.78, 5) is 8.22. The quantitative estimate of drug-likeness (QED) is 0.913. The van der Waals surface area contributed by atoms with E-state index in [-0.39, 0.29) is 12.4 Å². The summed E-state index contributed by atoms with van der Waals surface area (Å²) in [5.41, 5.74) is 6.44. The molecule has 0 bridgehead atoms. The van der Waals surface area contributed by atoms with Crippen LogP contribution >= 0.6 is 0 Å². The summed E-state index contributed by atoms with van der Waals surface area (Å²) in [6, 6.07) is 6.06. The number of benzene rings is 1. The fourth-order valence-corrected chi connectivity index (χ4v) is 1.68. The van der Waals surface area contributed by atoms with Crippen molar-refractivity contribution in [3.63, 3.8) is 0 Å². The highest BCUT2D eigenvalue weighted by Gasteiger charge is 2.10. The summed E-state index contributed by atoms with van der Waals surface area (Å²) in [6.45, 7) is 0.218. The van der Waals surface area contributed by atoms with Gasteiger partial charge in [0.1, 0.15) is 24.0 Å². The molecule has 0 radical (unpaired) electrons. The molecular weight excluding hydrogens is 249 g/mol. The predicted octanol–water partition coefficient (Wildman–Crippen LogP) is 2.02. The van der Waals surface area contributed by atoms with Gasteiger partial charge in [-0.25, -0.2) is 14.4 Å². The van der Waals surface area contributed by atoms with E-state index in [1.165, 1.54) is 26.4 Å². The average molecular weight is 263 g/mol. The molecule has 6 heteroatoms. The molecule has 100 valence electrons. The first-order chi connectivity index (χ1) is 9.13. The van der Waals surface area contributed by atoms with Crippen LogP contribution in [0.5, 0.6) is 5.75 Å². The van der Waals surface area contributed by atoms with E-state index < -0.39 is 5.82 Å². The van der Waals surface area contributed by atoms with Crippen molar-refractivity contribution in [3.8, 4) is 17.0 Å². The molecule has 1 heterocycles. The summed E-state index contributed by atoms with van der Waals surface area (Å²) in [5, 5.41) is 0. The first-order valence-electron chi connectivity index (χ1n) is 5.60. The Balaban J connectivity index is 2.46. The highest BCUT2D eigenvalue weighted by molar-refractivity contribution is 5.63. The number of nitrogens with zero attached hydrogens (tertiary/aromatic N) is 2. The van der Waals surface area contributed by atoms with Crippen LogP contribution in [0.2, 0.25) is 0 Å². The fraction of sp³-hybridized carbons (Fsp3) is 0.231. The molecule has 2 aromatic rings. The lowest BCUT2D eigenvalue weighted by Gasteiger charge is -2.07. The molecule has 2 N–H and O–H groups in total. The molecule has 0 saturated carbocycles. The number of halogens is 1. The van der Waals surface area contributed by atoms with Gasteiger partial charge >= 0.3 is 0 Å². The van der Waals surface area contributed by atoms with Gasteiger partial charge in [0.15, 0.2) is 5.82 Å². The first kappa shape index (κ1) is 13.2. The number of anilines is 1. The van der Waals surface area contributed by atoms with Crippen molar-refractivity contribution in [3.05, 3.63) is 35.9 Å². The van der Waals surface area contributed by atoms with Crippen LogP contribution < -0.4 is 10.5 Å². The van der Waals surface area contributed by atoms with Crippen LogP contribution in [0.25, 0.3) is 11.3 Å². The smallest absolute Gasteiger partial charge is 0.157 e. The Hall–Kier alpha value is -2.21. The Labute approximate surface area is 110 Å². The van der Waals surface area contributed by atoms with E-state index in [2.05, 4.69) is 9.97 Å². The zero-order valence-electron chi connectivity index (χ0n) is 10.7. The highest BCUT2D eigenvalue weighted by atomic mass is 19.1. The SMILES string of the molecule is COCc1nc(N)cc(-c2ccc(OC)cc2F)n1. The van der Waals surface area contributed by atoms with E-state index in [0.717, 1.165) is 0 Å². The van der Waals surface area contributed by atoms with Gasteiger partial charge in [-0.3, -0.25) is 0 Å². The van der Waals surface area contributed by atoms with Crippen LogP contribution in [0.3, 0.4) is 0 Å². The molecule has 0 unspecified atom stereocenters. The summed E-state index contributed by atoms with van der Waals surface area (Å²) < 4.78 is 23.9. The fourth-order valence-electron chi connectivity index (χ4n) is 1.68. The molecule has 1 aromatic heterocycles. The molecule has 0 atom stereocenters. The number of nitrogen functional groups attached to an aromatic ring is 1. The van der Waals surface area contributed by atoms with Crippen LogP contribution in [0, 0.1) is 5.82 Å². The Morgan fingerprint density at radius 3 is 2.63 bits per heavy atom. The molecule has 0 aliphatic heterocycles. The molecule has 5 nitrogen and oxygen atoms in total. The largest absolute Gasteiger partial charge is 0.497 e. The van der Waals surface area contributed by atoms with Gasteiger partial charge in [-0.2, -0.15) is 0 Å². The Morgan fingerprint density at radius 2 is 2.00 bits per heavy atom. The van der Waals surface area contributed by atoms with Gasteiger partial charge in [-0.05, 0) is 12.1 Å². The third-order valence-corrected chi connectivity index (χ3v) is 2.52. The number of aromatic nitrogens is 2.